The van der Waals surface area contributed by atoms with Crippen LogP contribution in [-0.4, -0.2) is 48.9 Å². The van der Waals surface area contributed by atoms with Gasteiger partial charge in [0, 0.05) is 37.6 Å². The molecule has 1 fully saturated rings. The van der Waals surface area contributed by atoms with Crippen molar-refractivity contribution >= 4 is 33.6 Å². The fourth-order valence-corrected chi connectivity index (χ4v) is 2.77. The Morgan fingerprint density at radius 2 is 1.95 bits per heavy atom. The Balaban J connectivity index is 1.91. The molecule has 1 heterocycles. The molecule has 0 radical (unpaired) electrons. The van der Waals surface area contributed by atoms with Gasteiger partial charge in [-0.05, 0) is 31.0 Å². The molecule has 1 aromatic carbocycles. The lowest BCUT2D eigenvalue weighted by Gasteiger charge is -2.33. The SMILES string of the molecule is CN(C)C(=O)N1CCC(C(=O)Nc2ccc(Br)cc2F)CC1. The van der Waals surface area contributed by atoms with E-state index >= 15 is 0 Å². The number of benzene rings is 1. The second-order valence-electron chi connectivity index (χ2n) is 5.55. The first-order chi connectivity index (χ1) is 10.4. The van der Waals surface area contributed by atoms with Gasteiger partial charge in [0.1, 0.15) is 5.82 Å². The monoisotopic (exact) mass is 371 g/mol. The second-order valence-corrected chi connectivity index (χ2v) is 6.47. The summed E-state index contributed by atoms with van der Waals surface area (Å²) in [5, 5.41) is 2.63. The molecule has 1 aliphatic rings. The van der Waals surface area contributed by atoms with Crippen molar-refractivity contribution in [1.29, 1.82) is 0 Å². The highest BCUT2D eigenvalue weighted by Crippen LogP contribution is 2.23. The number of anilines is 1. The van der Waals surface area contributed by atoms with Crippen LogP contribution in [0.25, 0.3) is 0 Å². The Labute approximate surface area is 137 Å². The highest BCUT2D eigenvalue weighted by Gasteiger charge is 2.28. The quantitative estimate of drug-likeness (QED) is 0.868. The van der Waals surface area contributed by atoms with Crippen molar-refractivity contribution in [3.05, 3.63) is 28.5 Å². The average Bonchev–Trinajstić information content (AvgIpc) is 2.49. The van der Waals surface area contributed by atoms with Crippen molar-refractivity contribution < 1.29 is 14.0 Å². The molecule has 0 atom stereocenters. The van der Waals surface area contributed by atoms with Gasteiger partial charge in [0.15, 0.2) is 0 Å². The Morgan fingerprint density at radius 3 is 2.50 bits per heavy atom. The number of carbonyl (C=O) groups excluding carboxylic acids is 2. The molecule has 0 bridgehead atoms. The van der Waals surface area contributed by atoms with Gasteiger partial charge in [0.2, 0.25) is 5.91 Å². The highest BCUT2D eigenvalue weighted by molar-refractivity contribution is 9.10. The molecule has 7 heteroatoms. The number of nitrogens with zero attached hydrogens (tertiary/aromatic N) is 2. The number of hydrogen-bond acceptors (Lipinski definition) is 2. The van der Waals surface area contributed by atoms with Gasteiger partial charge < -0.3 is 15.1 Å². The largest absolute Gasteiger partial charge is 0.331 e. The summed E-state index contributed by atoms with van der Waals surface area (Å²) in [5.41, 5.74) is 0.181. The van der Waals surface area contributed by atoms with Gasteiger partial charge >= 0.3 is 6.03 Å². The van der Waals surface area contributed by atoms with Gasteiger partial charge in [-0.15, -0.1) is 0 Å². The average molecular weight is 372 g/mol. The molecule has 2 rings (SSSR count). The smallest absolute Gasteiger partial charge is 0.319 e. The van der Waals surface area contributed by atoms with E-state index in [9.17, 15) is 14.0 Å². The number of nitrogens with one attached hydrogen (secondary N) is 1. The fourth-order valence-electron chi connectivity index (χ4n) is 2.44. The third-order valence-electron chi connectivity index (χ3n) is 3.71. The third-order valence-corrected chi connectivity index (χ3v) is 4.20. The molecule has 1 aliphatic heterocycles. The van der Waals surface area contributed by atoms with E-state index in [0.717, 1.165) is 0 Å². The molecule has 22 heavy (non-hydrogen) atoms. The summed E-state index contributed by atoms with van der Waals surface area (Å²) in [6.07, 6.45) is 1.17. The van der Waals surface area contributed by atoms with Crippen LogP contribution in [0.5, 0.6) is 0 Å². The molecule has 1 saturated heterocycles. The van der Waals surface area contributed by atoms with Gasteiger partial charge in [-0.25, -0.2) is 9.18 Å². The first kappa shape index (κ1) is 16.7. The van der Waals surface area contributed by atoms with Gasteiger partial charge in [0.05, 0.1) is 5.69 Å². The van der Waals surface area contributed by atoms with Crippen molar-refractivity contribution in [3.8, 4) is 0 Å². The van der Waals surface area contributed by atoms with Crippen LogP contribution < -0.4 is 5.32 Å². The second kappa shape index (κ2) is 7.09. The normalized spacial score (nSPS) is 15.5. The molecule has 0 aliphatic carbocycles. The molecule has 0 spiro atoms. The van der Waals surface area contributed by atoms with Gasteiger partial charge in [-0.1, -0.05) is 15.9 Å². The van der Waals surface area contributed by atoms with Crippen molar-refractivity contribution in [1.82, 2.24) is 9.80 Å². The molecular weight excluding hydrogens is 353 g/mol. The van der Waals surface area contributed by atoms with Crippen LogP contribution in [0.15, 0.2) is 22.7 Å². The van der Waals surface area contributed by atoms with Crippen LogP contribution in [0.1, 0.15) is 12.8 Å². The summed E-state index contributed by atoms with van der Waals surface area (Å²) in [6, 6.07) is 4.48. The fraction of sp³-hybridized carbons (Fsp3) is 0.467. The van der Waals surface area contributed by atoms with E-state index in [1.807, 2.05) is 0 Å². The molecule has 1 aromatic rings. The zero-order valence-corrected chi connectivity index (χ0v) is 14.2. The predicted octanol–water partition coefficient (Wildman–Crippen LogP) is 2.92. The van der Waals surface area contributed by atoms with E-state index in [2.05, 4.69) is 21.2 Å². The van der Waals surface area contributed by atoms with Crippen LogP contribution in [0.2, 0.25) is 0 Å². The van der Waals surface area contributed by atoms with Crippen molar-refractivity contribution in [2.75, 3.05) is 32.5 Å². The van der Waals surface area contributed by atoms with Gasteiger partial charge in [-0.3, -0.25) is 4.79 Å². The predicted molar refractivity (Wildman–Crippen MR) is 86.1 cm³/mol. The Bertz CT molecular complexity index is 572. The standard InChI is InChI=1S/C15H19BrFN3O2/c1-19(2)15(22)20-7-5-10(6-8-20)14(21)18-13-4-3-11(16)9-12(13)17/h3-4,9-10H,5-8H2,1-2H3,(H,18,21). The van der Waals surface area contributed by atoms with Gasteiger partial charge in [-0.2, -0.15) is 0 Å². The molecule has 0 aromatic heterocycles. The molecule has 0 saturated carbocycles. The van der Waals surface area contributed by atoms with E-state index in [1.165, 1.54) is 17.0 Å². The van der Waals surface area contributed by atoms with Crippen molar-refractivity contribution in [2.45, 2.75) is 12.8 Å². The number of amides is 3. The number of halogens is 2. The van der Waals surface area contributed by atoms with Crippen LogP contribution in [0.4, 0.5) is 14.9 Å². The summed E-state index contributed by atoms with van der Waals surface area (Å²) < 4.78 is 14.4. The summed E-state index contributed by atoms with van der Waals surface area (Å²) in [6.45, 7) is 1.08. The molecular formula is C15H19BrFN3O2. The maximum atomic E-state index is 13.7. The summed E-state index contributed by atoms with van der Waals surface area (Å²) in [7, 11) is 3.41. The summed E-state index contributed by atoms with van der Waals surface area (Å²) in [5.74, 6) is -0.865. The number of hydrogen-bond donors (Lipinski definition) is 1. The first-order valence-electron chi connectivity index (χ1n) is 7.10. The zero-order valence-electron chi connectivity index (χ0n) is 12.6. The number of carbonyl (C=O) groups is 2. The lowest BCUT2D eigenvalue weighted by atomic mass is 9.96. The van der Waals surface area contributed by atoms with Crippen LogP contribution in [-0.2, 0) is 4.79 Å². The molecule has 5 nitrogen and oxygen atoms in total. The van der Waals surface area contributed by atoms with E-state index in [1.54, 1.807) is 25.1 Å². The lowest BCUT2D eigenvalue weighted by molar-refractivity contribution is -0.121. The topological polar surface area (TPSA) is 52.7 Å². The van der Waals surface area contributed by atoms with Gasteiger partial charge in [0.25, 0.3) is 0 Å². The summed E-state index contributed by atoms with van der Waals surface area (Å²) in [4.78, 5) is 27.3. The highest BCUT2D eigenvalue weighted by atomic mass is 79.9. The number of rotatable bonds is 2. The van der Waals surface area contributed by atoms with Crippen LogP contribution >= 0.6 is 15.9 Å². The van der Waals surface area contributed by atoms with Crippen molar-refractivity contribution in [2.24, 2.45) is 5.92 Å². The first-order valence-corrected chi connectivity index (χ1v) is 7.90. The lowest BCUT2D eigenvalue weighted by Crippen LogP contribution is -2.45. The molecule has 120 valence electrons. The van der Waals surface area contributed by atoms with E-state index < -0.39 is 5.82 Å². The minimum Gasteiger partial charge on any atom is -0.331 e. The number of urea groups is 1. The van der Waals surface area contributed by atoms with E-state index in [0.29, 0.717) is 30.4 Å². The third kappa shape index (κ3) is 3.97. The van der Waals surface area contributed by atoms with E-state index in [4.69, 9.17) is 0 Å². The Kier molecular flexibility index (Phi) is 5.39. The maximum absolute atomic E-state index is 13.7. The number of likely N-dealkylation sites (tertiary alicyclic amines) is 1. The summed E-state index contributed by atoms with van der Waals surface area (Å²) >= 11 is 3.18. The van der Waals surface area contributed by atoms with E-state index in [-0.39, 0.29) is 23.5 Å². The molecule has 1 N–H and O–H groups in total. The minimum absolute atomic E-state index is 0.0437. The zero-order chi connectivity index (χ0) is 16.3. The molecule has 0 unspecified atom stereocenters. The Morgan fingerprint density at radius 1 is 1.32 bits per heavy atom. The Hall–Kier alpha value is -1.63. The maximum Gasteiger partial charge on any atom is 0.319 e. The molecule has 3 amide bonds. The van der Waals surface area contributed by atoms with Crippen molar-refractivity contribution in [3.63, 3.8) is 0 Å². The number of piperidine rings is 1. The van der Waals surface area contributed by atoms with Crippen LogP contribution in [0.3, 0.4) is 0 Å². The van der Waals surface area contributed by atoms with Crippen LogP contribution in [0, 0.1) is 11.7 Å². The minimum atomic E-state index is -0.469.